The third-order valence-corrected chi connectivity index (χ3v) is 8.32. The topological polar surface area (TPSA) is 71.1 Å². The number of nitrogens with one attached hydrogen (secondary N) is 2. The van der Waals surface area contributed by atoms with Gasteiger partial charge in [-0.3, -0.25) is 9.59 Å². The first kappa shape index (κ1) is 18.3. The van der Waals surface area contributed by atoms with E-state index in [9.17, 15) is 9.59 Å². The molecule has 4 bridgehead atoms. The van der Waals surface area contributed by atoms with Crippen LogP contribution in [0.4, 0.5) is 5.13 Å². The molecule has 5 nitrogen and oxygen atoms in total. The minimum absolute atomic E-state index is 0.0130. The van der Waals surface area contributed by atoms with E-state index in [-0.39, 0.29) is 23.8 Å². The van der Waals surface area contributed by atoms with Crippen LogP contribution in [0.5, 0.6) is 0 Å². The van der Waals surface area contributed by atoms with Gasteiger partial charge < -0.3 is 10.6 Å². The predicted octanol–water partition coefficient (Wildman–Crippen LogP) is 4.53. The van der Waals surface area contributed by atoms with E-state index in [0.717, 1.165) is 28.3 Å². The summed E-state index contributed by atoms with van der Waals surface area (Å²) < 4.78 is 0. The zero-order chi connectivity index (χ0) is 19.1. The summed E-state index contributed by atoms with van der Waals surface area (Å²) in [5.74, 6) is 2.32. The van der Waals surface area contributed by atoms with Crippen LogP contribution < -0.4 is 10.6 Å². The molecule has 2 N–H and O–H groups in total. The summed E-state index contributed by atoms with van der Waals surface area (Å²) in [6, 6.07) is 3.99. The third-order valence-electron chi connectivity index (χ3n) is 6.67. The van der Waals surface area contributed by atoms with Gasteiger partial charge in [-0.05, 0) is 73.1 Å². The first-order valence-electron chi connectivity index (χ1n) is 10.1. The lowest BCUT2D eigenvalue weighted by Crippen LogP contribution is -2.48. The lowest BCUT2D eigenvalue weighted by Gasteiger charge is -2.56. The summed E-state index contributed by atoms with van der Waals surface area (Å²) in [5, 5.41) is 10.2. The lowest BCUT2D eigenvalue weighted by molar-refractivity contribution is -0.131. The molecule has 28 heavy (non-hydrogen) atoms. The van der Waals surface area contributed by atoms with E-state index in [2.05, 4.69) is 15.6 Å². The number of nitrogens with zero attached hydrogens (tertiary/aromatic N) is 1. The van der Waals surface area contributed by atoms with Gasteiger partial charge in [-0.1, -0.05) is 6.07 Å². The molecule has 0 atom stereocenters. The standard InChI is InChI=1S/C21H25N3O2S2/c25-18(10-21-7-13-4-14(8-21)6-15(5-13)9-21)22-11-19(26)24-20-23-16(12-28-20)17-2-1-3-27-17/h1-3,12-15H,4-11H2,(H,22,25)(H,23,24,26). The summed E-state index contributed by atoms with van der Waals surface area (Å²) in [7, 11) is 0. The van der Waals surface area contributed by atoms with Gasteiger partial charge in [0.15, 0.2) is 5.13 Å². The molecule has 0 radical (unpaired) electrons. The summed E-state index contributed by atoms with van der Waals surface area (Å²) in [6.07, 6.45) is 8.36. The van der Waals surface area contributed by atoms with E-state index in [1.165, 1.54) is 49.9 Å². The third kappa shape index (κ3) is 3.74. The molecule has 2 amide bonds. The Hall–Kier alpha value is -1.73. The zero-order valence-corrected chi connectivity index (χ0v) is 17.4. The molecule has 2 aromatic heterocycles. The fourth-order valence-corrected chi connectivity index (χ4v) is 7.61. The summed E-state index contributed by atoms with van der Waals surface area (Å²) >= 11 is 3.03. The molecule has 0 aromatic carbocycles. The second-order valence-corrected chi connectivity index (χ2v) is 10.7. The fourth-order valence-electron chi connectivity index (χ4n) is 6.12. The van der Waals surface area contributed by atoms with Crippen LogP contribution in [0, 0.1) is 23.2 Å². The molecular formula is C21H25N3O2S2. The molecule has 2 heterocycles. The van der Waals surface area contributed by atoms with Gasteiger partial charge in [-0.15, -0.1) is 22.7 Å². The van der Waals surface area contributed by atoms with Crippen molar-refractivity contribution in [1.29, 1.82) is 0 Å². The van der Waals surface area contributed by atoms with Crippen LogP contribution in [0.15, 0.2) is 22.9 Å². The largest absolute Gasteiger partial charge is 0.347 e. The Labute approximate surface area is 173 Å². The Bertz CT molecular complexity index is 839. The molecule has 2 aromatic rings. The maximum absolute atomic E-state index is 12.5. The average molecular weight is 416 g/mol. The summed E-state index contributed by atoms with van der Waals surface area (Å²) in [5.41, 5.74) is 1.08. The van der Waals surface area contributed by atoms with Gasteiger partial charge in [-0.25, -0.2) is 4.98 Å². The highest BCUT2D eigenvalue weighted by Gasteiger charge is 2.51. The van der Waals surface area contributed by atoms with Crippen molar-refractivity contribution in [2.75, 3.05) is 11.9 Å². The Morgan fingerprint density at radius 1 is 1.07 bits per heavy atom. The molecule has 7 heteroatoms. The number of carbonyl (C=O) groups is 2. The molecule has 0 aliphatic heterocycles. The minimum Gasteiger partial charge on any atom is -0.347 e. The number of aromatic nitrogens is 1. The zero-order valence-electron chi connectivity index (χ0n) is 15.8. The minimum atomic E-state index is -0.217. The molecule has 6 rings (SSSR count). The highest BCUT2D eigenvalue weighted by atomic mass is 32.1. The first-order chi connectivity index (χ1) is 13.6. The molecule has 4 fully saturated rings. The van der Waals surface area contributed by atoms with E-state index in [0.29, 0.717) is 11.6 Å². The van der Waals surface area contributed by atoms with Gasteiger partial charge in [0.2, 0.25) is 11.8 Å². The Morgan fingerprint density at radius 2 is 1.79 bits per heavy atom. The number of thiophene rings is 1. The maximum Gasteiger partial charge on any atom is 0.245 e. The number of anilines is 1. The molecule has 148 valence electrons. The van der Waals surface area contributed by atoms with Crippen LogP contribution in [-0.2, 0) is 9.59 Å². The Balaban J connectivity index is 1.12. The van der Waals surface area contributed by atoms with Crippen LogP contribution in [0.3, 0.4) is 0 Å². The average Bonchev–Trinajstić information content (AvgIpc) is 3.29. The molecule has 4 aliphatic rings. The van der Waals surface area contributed by atoms with Gasteiger partial charge in [0.1, 0.15) is 0 Å². The predicted molar refractivity (Wildman–Crippen MR) is 112 cm³/mol. The van der Waals surface area contributed by atoms with Crippen molar-refractivity contribution in [2.45, 2.75) is 44.9 Å². The van der Waals surface area contributed by atoms with Crippen LogP contribution in [0.2, 0.25) is 0 Å². The molecule has 0 spiro atoms. The van der Waals surface area contributed by atoms with Gasteiger partial charge in [0.05, 0.1) is 17.1 Å². The number of thiazole rings is 1. The number of hydrogen-bond donors (Lipinski definition) is 2. The number of amides is 2. The number of hydrogen-bond acceptors (Lipinski definition) is 5. The maximum atomic E-state index is 12.5. The van der Waals surface area contributed by atoms with Crippen LogP contribution >= 0.6 is 22.7 Å². The summed E-state index contributed by atoms with van der Waals surface area (Å²) in [6.45, 7) is 0.0130. The van der Waals surface area contributed by atoms with E-state index in [4.69, 9.17) is 0 Å². The second kappa shape index (κ2) is 7.26. The van der Waals surface area contributed by atoms with E-state index < -0.39 is 0 Å². The van der Waals surface area contributed by atoms with Gasteiger partial charge in [-0.2, -0.15) is 0 Å². The van der Waals surface area contributed by atoms with Crippen molar-refractivity contribution in [2.24, 2.45) is 23.2 Å². The quantitative estimate of drug-likeness (QED) is 0.728. The Kier molecular flexibility index (Phi) is 4.75. The van der Waals surface area contributed by atoms with Crippen molar-refractivity contribution in [3.63, 3.8) is 0 Å². The molecule has 0 unspecified atom stereocenters. The Morgan fingerprint density at radius 3 is 2.43 bits per heavy atom. The number of carbonyl (C=O) groups excluding carboxylic acids is 2. The smallest absolute Gasteiger partial charge is 0.245 e. The number of rotatable bonds is 6. The fraction of sp³-hybridized carbons (Fsp3) is 0.571. The highest BCUT2D eigenvalue weighted by molar-refractivity contribution is 7.16. The van der Waals surface area contributed by atoms with Gasteiger partial charge in [0.25, 0.3) is 0 Å². The van der Waals surface area contributed by atoms with E-state index in [1.807, 2.05) is 22.9 Å². The molecular weight excluding hydrogens is 390 g/mol. The van der Waals surface area contributed by atoms with Crippen molar-refractivity contribution in [3.05, 3.63) is 22.9 Å². The monoisotopic (exact) mass is 415 g/mol. The lowest BCUT2D eigenvalue weighted by atomic mass is 9.49. The van der Waals surface area contributed by atoms with Crippen LogP contribution in [0.1, 0.15) is 44.9 Å². The SMILES string of the molecule is O=C(CC12CC3CC(CC(C3)C1)C2)NCC(=O)Nc1nc(-c2cccs2)cs1. The van der Waals surface area contributed by atoms with Crippen molar-refractivity contribution >= 4 is 39.6 Å². The normalized spacial score (nSPS) is 30.4. The highest BCUT2D eigenvalue weighted by Crippen LogP contribution is 2.61. The van der Waals surface area contributed by atoms with Crippen LogP contribution in [0.25, 0.3) is 10.6 Å². The molecule has 0 saturated heterocycles. The van der Waals surface area contributed by atoms with E-state index >= 15 is 0 Å². The van der Waals surface area contributed by atoms with E-state index in [1.54, 1.807) is 11.3 Å². The van der Waals surface area contributed by atoms with Crippen molar-refractivity contribution < 1.29 is 9.59 Å². The van der Waals surface area contributed by atoms with Gasteiger partial charge in [0, 0.05) is 11.8 Å². The van der Waals surface area contributed by atoms with Crippen molar-refractivity contribution in [3.8, 4) is 10.6 Å². The first-order valence-corrected chi connectivity index (χ1v) is 11.9. The second-order valence-electron chi connectivity index (χ2n) is 8.93. The molecule has 4 aliphatic carbocycles. The van der Waals surface area contributed by atoms with Crippen LogP contribution in [-0.4, -0.2) is 23.3 Å². The molecule has 4 saturated carbocycles. The van der Waals surface area contributed by atoms with Crippen molar-refractivity contribution in [1.82, 2.24) is 10.3 Å². The van der Waals surface area contributed by atoms with Gasteiger partial charge >= 0.3 is 0 Å². The summed E-state index contributed by atoms with van der Waals surface area (Å²) in [4.78, 5) is 30.3.